The van der Waals surface area contributed by atoms with Crippen LogP contribution in [0, 0.1) is 10.1 Å². The Hall–Kier alpha value is -2.26. The monoisotopic (exact) mass is 413 g/mol. The Balaban J connectivity index is 2.49. The Kier molecular flexibility index (Phi) is 5.35. The van der Waals surface area contributed by atoms with Crippen LogP contribution in [0.4, 0.5) is 5.69 Å². The molecule has 0 aliphatic rings. The highest BCUT2D eigenvalue weighted by molar-refractivity contribution is 9.10. The number of nitrogens with zero attached hydrogens (tertiary/aromatic N) is 1. The number of esters is 1. The fourth-order valence-corrected chi connectivity index (χ4v) is 4.55. The first-order valence-corrected chi connectivity index (χ1v) is 9.03. The van der Waals surface area contributed by atoms with Crippen molar-refractivity contribution in [2.45, 2.75) is 10.6 Å². The Labute approximate surface area is 146 Å². The fourth-order valence-electron chi connectivity index (χ4n) is 2.08. The molecule has 7 nitrogen and oxygen atoms in total. The number of halogens is 1. The topological polar surface area (TPSA) is 104 Å². The molecule has 0 heterocycles. The van der Waals surface area contributed by atoms with Crippen LogP contribution in [0.5, 0.6) is 0 Å². The molecule has 0 N–H and O–H groups in total. The zero-order chi connectivity index (χ0) is 17.9. The number of benzene rings is 2. The Morgan fingerprint density at radius 2 is 1.92 bits per heavy atom. The molecule has 0 atom stereocenters. The van der Waals surface area contributed by atoms with Crippen LogP contribution in [0.25, 0.3) is 0 Å². The van der Waals surface area contributed by atoms with Gasteiger partial charge in [-0.2, -0.15) is 0 Å². The highest BCUT2D eigenvalue weighted by atomic mass is 79.9. The number of hydrogen-bond donors (Lipinski definition) is 0. The number of para-hydroxylation sites is 1. The van der Waals surface area contributed by atoms with E-state index in [4.69, 9.17) is 0 Å². The van der Waals surface area contributed by atoms with Gasteiger partial charge in [-0.1, -0.05) is 18.2 Å². The minimum Gasteiger partial charge on any atom is -0.465 e. The minimum atomic E-state index is -3.92. The maximum absolute atomic E-state index is 12.7. The summed E-state index contributed by atoms with van der Waals surface area (Å²) in [4.78, 5) is 21.8. The lowest BCUT2D eigenvalue weighted by atomic mass is 10.2. The number of sulfone groups is 1. The van der Waals surface area contributed by atoms with Gasteiger partial charge in [0.15, 0.2) is 9.84 Å². The van der Waals surface area contributed by atoms with Gasteiger partial charge in [0.1, 0.15) is 0 Å². The predicted octanol–water partition coefficient (Wildman–Crippen LogP) is 3.12. The van der Waals surface area contributed by atoms with Crippen molar-refractivity contribution in [2.24, 2.45) is 0 Å². The number of nitro benzene ring substituents is 1. The summed E-state index contributed by atoms with van der Waals surface area (Å²) in [6.07, 6.45) is 0. The van der Waals surface area contributed by atoms with Crippen LogP contribution in [0.2, 0.25) is 0 Å². The maximum Gasteiger partial charge on any atom is 0.337 e. The Morgan fingerprint density at radius 3 is 2.54 bits per heavy atom. The van der Waals surface area contributed by atoms with E-state index >= 15 is 0 Å². The highest BCUT2D eigenvalue weighted by Crippen LogP contribution is 2.29. The van der Waals surface area contributed by atoms with Crippen LogP contribution in [0.15, 0.2) is 51.8 Å². The molecule has 0 saturated carbocycles. The van der Waals surface area contributed by atoms with Gasteiger partial charge in [-0.3, -0.25) is 10.1 Å². The van der Waals surface area contributed by atoms with Crippen molar-refractivity contribution in [2.75, 3.05) is 7.11 Å². The van der Waals surface area contributed by atoms with E-state index in [0.717, 1.165) is 0 Å². The van der Waals surface area contributed by atoms with Gasteiger partial charge in [0.05, 0.1) is 28.2 Å². The molecule has 0 unspecified atom stereocenters. The second-order valence-electron chi connectivity index (χ2n) is 4.78. The second kappa shape index (κ2) is 7.10. The molecule has 0 aromatic heterocycles. The van der Waals surface area contributed by atoms with Crippen molar-refractivity contribution in [3.8, 4) is 0 Å². The Morgan fingerprint density at radius 1 is 1.25 bits per heavy atom. The number of methoxy groups -OCH3 is 1. The van der Waals surface area contributed by atoms with Gasteiger partial charge in [0.2, 0.25) is 0 Å². The summed E-state index contributed by atoms with van der Waals surface area (Å²) in [5, 5.41) is 11.0. The van der Waals surface area contributed by atoms with E-state index in [0.29, 0.717) is 0 Å². The van der Waals surface area contributed by atoms with E-state index in [1.807, 2.05) is 0 Å². The smallest absolute Gasteiger partial charge is 0.337 e. The minimum absolute atomic E-state index is 0.0675. The van der Waals surface area contributed by atoms with E-state index in [-0.39, 0.29) is 26.2 Å². The standard InChI is InChI=1S/C15H12BrNO6S/c1-23-15(18)10-6-7-12(16)14(8-10)24(21,22)9-11-4-2-3-5-13(11)17(19)20/h2-8H,9H2,1H3. The molecule has 24 heavy (non-hydrogen) atoms. The zero-order valence-corrected chi connectivity index (χ0v) is 14.8. The summed E-state index contributed by atoms with van der Waals surface area (Å²) < 4.78 is 30.1. The molecule has 0 aliphatic heterocycles. The molecule has 0 radical (unpaired) electrons. The summed E-state index contributed by atoms with van der Waals surface area (Å²) in [7, 11) is -2.74. The third-order valence-corrected chi connectivity index (χ3v) is 5.87. The van der Waals surface area contributed by atoms with Crippen molar-refractivity contribution in [1.29, 1.82) is 0 Å². The SMILES string of the molecule is COC(=O)c1ccc(Br)c(S(=O)(=O)Cc2ccccc2[N+](=O)[O-])c1. The summed E-state index contributed by atoms with van der Waals surface area (Å²) in [5.74, 6) is -1.24. The summed E-state index contributed by atoms with van der Waals surface area (Å²) in [5.41, 5.74) is -0.138. The lowest BCUT2D eigenvalue weighted by molar-refractivity contribution is -0.385. The van der Waals surface area contributed by atoms with Crippen molar-refractivity contribution in [1.82, 2.24) is 0 Å². The summed E-state index contributed by atoms with van der Waals surface area (Å²) in [6.45, 7) is 0. The van der Waals surface area contributed by atoms with Gasteiger partial charge in [0.25, 0.3) is 5.69 Å². The second-order valence-corrected chi connectivity index (χ2v) is 7.59. The summed E-state index contributed by atoms with van der Waals surface area (Å²) in [6, 6.07) is 9.62. The Bertz CT molecular complexity index is 910. The molecular formula is C15H12BrNO6S. The third-order valence-electron chi connectivity index (χ3n) is 3.22. The normalized spacial score (nSPS) is 11.1. The van der Waals surface area contributed by atoms with Crippen LogP contribution in [-0.2, 0) is 20.3 Å². The zero-order valence-electron chi connectivity index (χ0n) is 12.4. The number of ether oxygens (including phenoxy) is 1. The average molecular weight is 414 g/mol. The van der Waals surface area contributed by atoms with Gasteiger partial charge >= 0.3 is 5.97 Å². The van der Waals surface area contributed by atoms with Gasteiger partial charge in [-0.15, -0.1) is 0 Å². The molecule has 0 amide bonds. The van der Waals surface area contributed by atoms with E-state index < -0.39 is 26.5 Å². The fraction of sp³-hybridized carbons (Fsp3) is 0.133. The molecule has 0 saturated heterocycles. The van der Waals surface area contributed by atoms with E-state index in [1.54, 1.807) is 0 Å². The van der Waals surface area contributed by atoms with E-state index in [2.05, 4.69) is 20.7 Å². The molecule has 2 rings (SSSR count). The van der Waals surface area contributed by atoms with Gasteiger partial charge in [0, 0.05) is 16.1 Å². The molecule has 9 heteroatoms. The summed E-state index contributed by atoms with van der Waals surface area (Å²) >= 11 is 3.13. The molecule has 0 aliphatic carbocycles. The van der Waals surface area contributed by atoms with E-state index in [1.165, 1.54) is 49.6 Å². The van der Waals surface area contributed by atoms with Crippen LogP contribution < -0.4 is 0 Å². The number of carbonyl (C=O) groups is 1. The van der Waals surface area contributed by atoms with Crippen LogP contribution >= 0.6 is 15.9 Å². The quantitative estimate of drug-likeness (QED) is 0.423. The van der Waals surface area contributed by atoms with Crippen LogP contribution in [0.1, 0.15) is 15.9 Å². The average Bonchev–Trinajstić information content (AvgIpc) is 2.54. The highest BCUT2D eigenvalue weighted by Gasteiger charge is 2.24. The number of rotatable bonds is 5. The van der Waals surface area contributed by atoms with Crippen molar-refractivity contribution < 1.29 is 22.9 Å². The van der Waals surface area contributed by atoms with Gasteiger partial charge in [-0.05, 0) is 34.1 Å². The maximum atomic E-state index is 12.7. The largest absolute Gasteiger partial charge is 0.465 e. The van der Waals surface area contributed by atoms with Crippen molar-refractivity contribution in [3.05, 3.63) is 68.2 Å². The molecule has 0 bridgehead atoms. The number of hydrogen-bond acceptors (Lipinski definition) is 6. The first-order valence-electron chi connectivity index (χ1n) is 6.59. The molecule has 0 spiro atoms. The molecule has 0 fully saturated rings. The third kappa shape index (κ3) is 3.80. The predicted molar refractivity (Wildman–Crippen MR) is 89.5 cm³/mol. The number of nitro groups is 1. The van der Waals surface area contributed by atoms with Crippen LogP contribution in [-0.4, -0.2) is 26.4 Å². The molecule has 2 aromatic carbocycles. The lowest BCUT2D eigenvalue weighted by Gasteiger charge is -2.09. The van der Waals surface area contributed by atoms with Gasteiger partial charge in [-0.25, -0.2) is 13.2 Å². The van der Waals surface area contributed by atoms with Crippen molar-refractivity contribution >= 4 is 37.4 Å². The first-order chi connectivity index (χ1) is 11.3. The van der Waals surface area contributed by atoms with Crippen molar-refractivity contribution in [3.63, 3.8) is 0 Å². The molecular weight excluding hydrogens is 402 g/mol. The number of carbonyl (C=O) groups excluding carboxylic acids is 1. The molecule has 126 valence electrons. The first kappa shape index (κ1) is 18.1. The van der Waals surface area contributed by atoms with Crippen LogP contribution in [0.3, 0.4) is 0 Å². The van der Waals surface area contributed by atoms with E-state index in [9.17, 15) is 23.3 Å². The molecule has 2 aromatic rings. The van der Waals surface area contributed by atoms with Gasteiger partial charge < -0.3 is 4.74 Å². The lowest BCUT2D eigenvalue weighted by Crippen LogP contribution is -2.10.